The molecule has 2 atom stereocenters. The number of hydrogen-bond donors (Lipinski definition) is 1. The van der Waals surface area contributed by atoms with Gasteiger partial charge in [-0.05, 0) is 71.4 Å². The van der Waals surface area contributed by atoms with Crippen LogP contribution < -0.4 is 5.32 Å². The fourth-order valence-electron chi connectivity index (χ4n) is 5.90. The van der Waals surface area contributed by atoms with E-state index in [9.17, 15) is 13.2 Å². The number of amides is 1. The van der Waals surface area contributed by atoms with Crippen LogP contribution in [0.25, 0.3) is 5.70 Å². The Morgan fingerprint density at radius 3 is 2.43 bits per heavy atom. The number of sulfonamides is 1. The van der Waals surface area contributed by atoms with Gasteiger partial charge in [0.15, 0.2) is 6.23 Å². The smallest absolute Gasteiger partial charge is 0.285 e. The molecule has 0 saturated carbocycles. The van der Waals surface area contributed by atoms with Crippen LogP contribution in [0.1, 0.15) is 70.6 Å². The summed E-state index contributed by atoms with van der Waals surface area (Å²) in [6.45, 7) is 11.3. The van der Waals surface area contributed by atoms with E-state index in [0.717, 1.165) is 33.5 Å². The number of ether oxygens (including phenoxy) is 1. The molecule has 8 nitrogen and oxygen atoms in total. The fraction of sp³-hybridized carbons (Fsp3) is 0.333. The van der Waals surface area contributed by atoms with Gasteiger partial charge in [0.25, 0.3) is 15.9 Å². The molecule has 0 radical (unpaired) electrons. The molecule has 0 spiro atoms. The highest BCUT2D eigenvalue weighted by Gasteiger charge is 2.36. The molecule has 0 fully saturated rings. The molecule has 3 aromatic carbocycles. The van der Waals surface area contributed by atoms with Crippen LogP contribution in [-0.2, 0) is 26.7 Å². The van der Waals surface area contributed by atoms with Crippen molar-refractivity contribution in [2.75, 3.05) is 13.6 Å². The van der Waals surface area contributed by atoms with E-state index < -0.39 is 22.4 Å². The first-order valence-corrected chi connectivity index (χ1v) is 15.6. The number of fused-ring (bicyclic) bond motifs is 8. The molecule has 6 bridgehead atoms. The molecule has 9 heteroatoms. The van der Waals surface area contributed by atoms with Crippen molar-refractivity contribution in [3.05, 3.63) is 106 Å². The Hall–Kier alpha value is -3.95. The summed E-state index contributed by atoms with van der Waals surface area (Å²) in [6.07, 6.45) is 0.854. The second-order valence-electron chi connectivity index (χ2n) is 12.4. The molecule has 6 rings (SSSR count). The Bertz CT molecular complexity index is 1750. The number of carbonyl (C=O) groups excluding carboxylic acids is 1. The maximum absolute atomic E-state index is 13.8. The SMILES string of the molecule is Cc1cccc(C)c1C1=CC2OC3CN(Cc4cc(C(C)(C)C)ccc43)C(=O)c3cccc(c3)S(=O)(=O)/N=C(/N1)N2C. The summed E-state index contributed by atoms with van der Waals surface area (Å²) in [5.41, 5.74) is 7.21. The lowest BCUT2D eigenvalue weighted by Crippen LogP contribution is -2.50. The topological polar surface area (TPSA) is 91.3 Å². The van der Waals surface area contributed by atoms with Crippen molar-refractivity contribution in [3.8, 4) is 0 Å². The monoisotopic (exact) mass is 584 g/mol. The third kappa shape index (κ3) is 5.01. The van der Waals surface area contributed by atoms with Crippen LogP contribution in [0.2, 0.25) is 0 Å². The van der Waals surface area contributed by atoms with Gasteiger partial charge in [-0.25, -0.2) is 0 Å². The molecule has 42 heavy (non-hydrogen) atoms. The van der Waals surface area contributed by atoms with E-state index in [1.54, 1.807) is 29.0 Å². The highest BCUT2D eigenvalue weighted by Crippen LogP contribution is 2.36. The van der Waals surface area contributed by atoms with Crippen LogP contribution >= 0.6 is 0 Å². The maximum Gasteiger partial charge on any atom is 0.285 e. The van der Waals surface area contributed by atoms with Crippen LogP contribution in [0.3, 0.4) is 0 Å². The number of aryl methyl sites for hydroxylation is 2. The average molecular weight is 585 g/mol. The second kappa shape index (κ2) is 10.1. The Balaban J connectivity index is 1.56. The normalized spacial score (nSPS) is 22.9. The molecule has 3 heterocycles. The predicted molar refractivity (Wildman–Crippen MR) is 163 cm³/mol. The molecular formula is C33H36N4O4S. The Labute approximate surface area is 247 Å². The molecular weight excluding hydrogens is 548 g/mol. The number of carbonyl (C=O) groups is 1. The maximum atomic E-state index is 13.8. The van der Waals surface area contributed by atoms with E-state index in [1.807, 2.05) is 38.1 Å². The van der Waals surface area contributed by atoms with Crippen molar-refractivity contribution in [2.24, 2.45) is 4.40 Å². The minimum absolute atomic E-state index is 0.0417. The van der Waals surface area contributed by atoms with Crippen LogP contribution in [0.5, 0.6) is 0 Å². The largest absolute Gasteiger partial charge is 0.345 e. The second-order valence-corrected chi connectivity index (χ2v) is 14.0. The van der Waals surface area contributed by atoms with Gasteiger partial charge < -0.3 is 19.9 Å². The van der Waals surface area contributed by atoms with Crippen molar-refractivity contribution in [3.63, 3.8) is 0 Å². The lowest BCUT2D eigenvalue weighted by molar-refractivity contribution is -0.0587. The van der Waals surface area contributed by atoms with Crippen LogP contribution in [0, 0.1) is 13.8 Å². The first-order valence-electron chi connectivity index (χ1n) is 14.1. The first-order chi connectivity index (χ1) is 19.8. The molecule has 0 aromatic heterocycles. The molecule has 0 aliphatic carbocycles. The first kappa shape index (κ1) is 28.2. The van der Waals surface area contributed by atoms with Gasteiger partial charge in [-0.1, -0.05) is 63.2 Å². The van der Waals surface area contributed by atoms with Crippen molar-refractivity contribution < 1.29 is 17.9 Å². The summed E-state index contributed by atoms with van der Waals surface area (Å²) in [7, 11) is -2.40. The lowest BCUT2D eigenvalue weighted by atomic mass is 9.83. The number of hydrogen-bond acceptors (Lipinski definition) is 6. The van der Waals surface area contributed by atoms with E-state index in [2.05, 4.69) is 48.7 Å². The minimum Gasteiger partial charge on any atom is -0.345 e. The van der Waals surface area contributed by atoms with Crippen molar-refractivity contribution >= 4 is 27.6 Å². The van der Waals surface area contributed by atoms with Crippen molar-refractivity contribution in [2.45, 2.75) is 63.8 Å². The number of nitrogens with zero attached hydrogens (tertiary/aromatic N) is 3. The molecule has 2 unspecified atom stereocenters. The summed E-state index contributed by atoms with van der Waals surface area (Å²) in [4.78, 5) is 17.2. The number of benzene rings is 3. The molecule has 3 aliphatic rings. The van der Waals surface area contributed by atoms with Gasteiger partial charge >= 0.3 is 0 Å². The van der Waals surface area contributed by atoms with Gasteiger partial charge in [-0.2, -0.15) is 8.42 Å². The molecule has 1 N–H and O–H groups in total. The summed E-state index contributed by atoms with van der Waals surface area (Å²) in [5.74, 6) is -0.104. The minimum atomic E-state index is -4.16. The van der Waals surface area contributed by atoms with Gasteiger partial charge in [-0.15, -0.1) is 4.40 Å². The van der Waals surface area contributed by atoms with Crippen molar-refractivity contribution in [1.29, 1.82) is 0 Å². The quantitative estimate of drug-likeness (QED) is 0.419. The summed E-state index contributed by atoms with van der Waals surface area (Å²) < 4.78 is 38.2. The molecule has 0 saturated heterocycles. The molecule has 1 amide bonds. The zero-order valence-corrected chi connectivity index (χ0v) is 25.6. The fourth-order valence-corrected chi connectivity index (χ4v) is 6.93. The summed E-state index contributed by atoms with van der Waals surface area (Å²) in [6, 6.07) is 18.6. The van der Waals surface area contributed by atoms with Gasteiger partial charge in [0.1, 0.15) is 6.10 Å². The van der Waals surface area contributed by atoms with E-state index in [4.69, 9.17) is 4.74 Å². The van der Waals surface area contributed by atoms with Gasteiger partial charge in [0, 0.05) is 30.4 Å². The van der Waals surface area contributed by atoms with E-state index >= 15 is 0 Å². The zero-order chi connectivity index (χ0) is 30.0. The number of likely N-dealkylation sites (N-methyl/N-ethyl adjacent to an activating group) is 1. The standard InChI is InChI=1S/C33H36N4O4S/c1-20-9-7-10-21(2)30(20)27-17-29-36(6)32(34-27)35-42(39,40)25-12-8-11-22(16-25)31(38)37-18-23-15-24(33(3,4)5)13-14-26(23)28(19-37)41-29/h7-17,28-29H,18-19H2,1-6H3,(H,34,35). The van der Waals surface area contributed by atoms with E-state index in [1.165, 1.54) is 17.7 Å². The van der Waals surface area contributed by atoms with Crippen molar-refractivity contribution in [1.82, 2.24) is 15.1 Å². The Morgan fingerprint density at radius 1 is 1.00 bits per heavy atom. The number of nitrogens with one attached hydrogen (secondary N) is 1. The molecule has 218 valence electrons. The molecule has 3 aliphatic heterocycles. The third-order valence-electron chi connectivity index (χ3n) is 8.30. The zero-order valence-electron chi connectivity index (χ0n) is 24.8. The summed E-state index contributed by atoms with van der Waals surface area (Å²) in [5, 5.41) is 3.27. The van der Waals surface area contributed by atoms with Gasteiger partial charge in [0.05, 0.1) is 11.4 Å². The van der Waals surface area contributed by atoms with Crippen LogP contribution in [0.15, 0.2) is 76.0 Å². The number of guanidine groups is 1. The average Bonchev–Trinajstić information content (AvgIpc) is 2.93. The molecule has 3 aromatic rings. The van der Waals surface area contributed by atoms with Gasteiger partial charge in [-0.3, -0.25) is 4.79 Å². The highest BCUT2D eigenvalue weighted by molar-refractivity contribution is 7.90. The van der Waals surface area contributed by atoms with E-state index in [-0.39, 0.29) is 22.2 Å². The Morgan fingerprint density at radius 2 is 1.71 bits per heavy atom. The van der Waals surface area contributed by atoms with Crippen LogP contribution in [0.4, 0.5) is 0 Å². The van der Waals surface area contributed by atoms with Crippen LogP contribution in [-0.4, -0.2) is 49.9 Å². The number of rotatable bonds is 1. The lowest BCUT2D eigenvalue weighted by Gasteiger charge is -2.40. The van der Waals surface area contributed by atoms with Gasteiger partial charge in [0.2, 0.25) is 5.96 Å². The predicted octanol–water partition coefficient (Wildman–Crippen LogP) is 5.28. The summed E-state index contributed by atoms with van der Waals surface area (Å²) >= 11 is 0. The highest BCUT2D eigenvalue weighted by atomic mass is 32.2. The third-order valence-corrected chi connectivity index (χ3v) is 9.56. The Kier molecular flexibility index (Phi) is 6.78. The van der Waals surface area contributed by atoms with E-state index in [0.29, 0.717) is 18.7 Å².